The molecule has 0 aliphatic rings. The Bertz CT molecular complexity index is 667. The van der Waals surface area contributed by atoms with Gasteiger partial charge in [-0.3, -0.25) is 4.79 Å². The lowest BCUT2D eigenvalue weighted by molar-refractivity contribution is 0.102. The van der Waals surface area contributed by atoms with Crippen LogP contribution in [0.15, 0.2) is 36.4 Å². The van der Waals surface area contributed by atoms with Crippen LogP contribution in [0, 0.1) is 6.92 Å². The maximum atomic E-state index is 12.2. The van der Waals surface area contributed by atoms with Gasteiger partial charge in [0, 0.05) is 11.8 Å². The van der Waals surface area contributed by atoms with Crippen LogP contribution < -0.4 is 14.8 Å². The van der Waals surface area contributed by atoms with Crippen molar-refractivity contribution >= 4 is 11.6 Å². The summed E-state index contributed by atoms with van der Waals surface area (Å²) in [6.07, 6.45) is 0. The molecule has 0 spiro atoms. The molecule has 0 aromatic heterocycles. The Balaban J connectivity index is 2.23. The number of rotatable bonds is 4. The van der Waals surface area contributed by atoms with Gasteiger partial charge in [0.2, 0.25) is 0 Å². The highest BCUT2D eigenvalue weighted by Crippen LogP contribution is 2.30. The molecule has 21 heavy (non-hydrogen) atoms. The van der Waals surface area contributed by atoms with E-state index in [1.807, 2.05) is 6.92 Å². The molecule has 0 aliphatic heterocycles. The molecule has 5 heteroatoms. The highest BCUT2D eigenvalue weighted by molar-refractivity contribution is 6.06. The fraction of sp³-hybridized carbons (Fsp3) is 0.188. The van der Waals surface area contributed by atoms with E-state index in [1.165, 1.54) is 7.11 Å². The van der Waals surface area contributed by atoms with Crippen molar-refractivity contribution in [1.29, 1.82) is 0 Å². The van der Waals surface area contributed by atoms with Gasteiger partial charge >= 0.3 is 0 Å². The number of carbonyl (C=O) groups is 1. The van der Waals surface area contributed by atoms with E-state index in [1.54, 1.807) is 43.5 Å². The van der Waals surface area contributed by atoms with Gasteiger partial charge in [0.05, 0.1) is 19.8 Å². The number of aryl methyl sites for hydroxylation is 1. The summed E-state index contributed by atoms with van der Waals surface area (Å²) in [6.45, 7) is 1.84. The van der Waals surface area contributed by atoms with E-state index in [0.29, 0.717) is 17.2 Å². The van der Waals surface area contributed by atoms with Gasteiger partial charge in [-0.1, -0.05) is 6.07 Å². The molecule has 5 nitrogen and oxygen atoms in total. The Morgan fingerprint density at radius 1 is 1.05 bits per heavy atom. The summed E-state index contributed by atoms with van der Waals surface area (Å²) in [5.74, 6) is 0.657. The van der Waals surface area contributed by atoms with Crippen molar-refractivity contribution in [3.05, 3.63) is 47.5 Å². The van der Waals surface area contributed by atoms with Gasteiger partial charge in [0.15, 0.2) is 11.5 Å². The fourth-order valence-electron chi connectivity index (χ4n) is 1.95. The van der Waals surface area contributed by atoms with Crippen LogP contribution >= 0.6 is 0 Å². The third-order valence-electron chi connectivity index (χ3n) is 3.04. The number of carbonyl (C=O) groups excluding carboxylic acids is 1. The molecule has 1 amide bonds. The van der Waals surface area contributed by atoms with Crippen LogP contribution in [0.5, 0.6) is 17.2 Å². The zero-order chi connectivity index (χ0) is 15.4. The first-order chi connectivity index (χ1) is 10.0. The van der Waals surface area contributed by atoms with E-state index in [2.05, 4.69) is 5.32 Å². The minimum absolute atomic E-state index is 0.0482. The van der Waals surface area contributed by atoms with Crippen LogP contribution in [-0.2, 0) is 0 Å². The van der Waals surface area contributed by atoms with Crippen molar-refractivity contribution in [3.63, 3.8) is 0 Å². The molecule has 2 rings (SSSR count). The predicted molar refractivity (Wildman–Crippen MR) is 80.3 cm³/mol. The Morgan fingerprint density at radius 2 is 1.76 bits per heavy atom. The Hall–Kier alpha value is -2.69. The summed E-state index contributed by atoms with van der Waals surface area (Å²) in [6, 6.07) is 9.95. The Kier molecular flexibility index (Phi) is 4.33. The molecule has 0 bridgehead atoms. The number of amides is 1. The molecule has 0 aliphatic carbocycles. The highest BCUT2D eigenvalue weighted by Gasteiger charge is 2.12. The topological polar surface area (TPSA) is 67.8 Å². The van der Waals surface area contributed by atoms with Gasteiger partial charge in [0.25, 0.3) is 5.91 Å². The number of hydrogen-bond acceptors (Lipinski definition) is 4. The lowest BCUT2D eigenvalue weighted by atomic mass is 10.1. The van der Waals surface area contributed by atoms with Crippen molar-refractivity contribution in [1.82, 2.24) is 0 Å². The maximum Gasteiger partial charge on any atom is 0.259 e. The van der Waals surface area contributed by atoms with Gasteiger partial charge in [-0.2, -0.15) is 0 Å². The predicted octanol–water partition coefficient (Wildman–Crippen LogP) is 2.97. The molecular weight excluding hydrogens is 270 g/mol. The summed E-state index contributed by atoms with van der Waals surface area (Å²) < 4.78 is 10.3. The summed E-state index contributed by atoms with van der Waals surface area (Å²) in [7, 11) is 3.07. The summed E-state index contributed by atoms with van der Waals surface area (Å²) in [5, 5.41) is 12.5. The number of phenols is 1. The van der Waals surface area contributed by atoms with Crippen molar-refractivity contribution in [2.45, 2.75) is 6.92 Å². The van der Waals surface area contributed by atoms with Gasteiger partial charge in [-0.25, -0.2) is 0 Å². The molecule has 0 heterocycles. The molecule has 0 saturated carbocycles. The van der Waals surface area contributed by atoms with Crippen LogP contribution in [-0.4, -0.2) is 25.2 Å². The van der Waals surface area contributed by atoms with Gasteiger partial charge in [-0.15, -0.1) is 0 Å². The van der Waals surface area contributed by atoms with Crippen molar-refractivity contribution in [2.24, 2.45) is 0 Å². The van der Waals surface area contributed by atoms with E-state index in [9.17, 15) is 9.90 Å². The fourth-order valence-corrected chi connectivity index (χ4v) is 1.95. The molecule has 0 saturated heterocycles. The molecule has 110 valence electrons. The smallest absolute Gasteiger partial charge is 0.259 e. The summed E-state index contributed by atoms with van der Waals surface area (Å²) in [5.41, 5.74) is 1.66. The van der Waals surface area contributed by atoms with E-state index >= 15 is 0 Å². The van der Waals surface area contributed by atoms with Crippen molar-refractivity contribution < 1.29 is 19.4 Å². The minimum Gasteiger partial charge on any atom is -0.507 e. The Labute approximate surface area is 123 Å². The molecule has 2 N–H and O–H groups in total. The number of hydrogen-bond donors (Lipinski definition) is 2. The largest absolute Gasteiger partial charge is 0.507 e. The number of aromatic hydroxyl groups is 1. The summed E-state index contributed by atoms with van der Waals surface area (Å²) >= 11 is 0. The van der Waals surface area contributed by atoms with Crippen LogP contribution in [0.4, 0.5) is 5.69 Å². The third-order valence-corrected chi connectivity index (χ3v) is 3.04. The second-order valence-electron chi connectivity index (χ2n) is 4.54. The monoisotopic (exact) mass is 287 g/mol. The van der Waals surface area contributed by atoms with Crippen LogP contribution in [0.3, 0.4) is 0 Å². The van der Waals surface area contributed by atoms with Crippen molar-refractivity contribution in [2.75, 3.05) is 19.5 Å². The number of benzene rings is 2. The maximum absolute atomic E-state index is 12.2. The molecule has 0 fully saturated rings. The number of methoxy groups -OCH3 is 2. The first-order valence-electron chi connectivity index (χ1n) is 6.38. The van der Waals surface area contributed by atoms with Gasteiger partial charge < -0.3 is 19.9 Å². The molecule has 2 aromatic carbocycles. The van der Waals surface area contributed by atoms with E-state index in [-0.39, 0.29) is 17.2 Å². The molecular formula is C16H17NO4. The third kappa shape index (κ3) is 3.25. The second kappa shape index (κ2) is 6.17. The van der Waals surface area contributed by atoms with E-state index < -0.39 is 0 Å². The lowest BCUT2D eigenvalue weighted by Crippen LogP contribution is -2.12. The summed E-state index contributed by atoms with van der Waals surface area (Å²) in [4.78, 5) is 12.2. The Morgan fingerprint density at radius 3 is 2.38 bits per heavy atom. The average Bonchev–Trinajstić information content (AvgIpc) is 2.46. The van der Waals surface area contributed by atoms with Gasteiger partial charge in [0.1, 0.15) is 5.75 Å². The molecule has 0 atom stereocenters. The van der Waals surface area contributed by atoms with Crippen LogP contribution in [0.25, 0.3) is 0 Å². The van der Waals surface area contributed by atoms with Crippen LogP contribution in [0.1, 0.15) is 15.9 Å². The van der Waals surface area contributed by atoms with E-state index in [4.69, 9.17) is 9.47 Å². The minimum atomic E-state index is -0.389. The standard InChI is InChI=1S/C16H17NO4/c1-10-4-6-12(13(18)8-10)16(19)17-11-5-7-14(20-2)15(9-11)21-3/h4-9,18H,1-3H3,(H,17,19). The van der Waals surface area contributed by atoms with Crippen molar-refractivity contribution in [3.8, 4) is 17.2 Å². The first kappa shape index (κ1) is 14.7. The SMILES string of the molecule is COc1ccc(NC(=O)c2ccc(C)cc2O)cc1OC. The lowest BCUT2D eigenvalue weighted by Gasteiger charge is -2.11. The number of ether oxygens (including phenoxy) is 2. The second-order valence-corrected chi connectivity index (χ2v) is 4.54. The zero-order valence-corrected chi connectivity index (χ0v) is 12.1. The van der Waals surface area contributed by atoms with Crippen LogP contribution in [0.2, 0.25) is 0 Å². The zero-order valence-electron chi connectivity index (χ0n) is 12.1. The quantitative estimate of drug-likeness (QED) is 0.907. The number of phenolic OH excluding ortho intramolecular Hbond substituents is 1. The number of anilines is 1. The van der Waals surface area contributed by atoms with E-state index in [0.717, 1.165) is 5.56 Å². The van der Waals surface area contributed by atoms with Gasteiger partial charge in [-0.05, 0) is 36.8 Å². The highest BCUT2D eigenvalue weighted by atomic mass is 16.5. The average molecular weight is 287 g/mol. The number of nitrogens with one attached hydrogen (secondary N) is 1. The molecule has 0 radical (unpaired) electrons. The first-order valence-corrected chi connectivity index (χ1v) is 6.38. The molecule has 0 unspecified atom stereocenters. The normalized spacial score (nSPS) is 10.0. The molecule has 2 aromatic rings.